The third kappa shape index (κ3) is 2.14. The average molecular weight is 501 g/mol. The van der Waals surface area contributed by atoms with Gasteiger partial charge in [-0.25, -0.2) is 0 Å². The number of aromatic nitrogens is 1. The number of nitrogens with zero attached hydrogens (tertiary/aromatic N) is 1. The van der Waals surface area contributed by atoms with Crippen LogP contribution in [0.25, 0.3) is 32.8 Å². The molecule has 0 spiro atoms. The second kappa shape index (κ2) is 5.49. The van der Waals surface area contributed by atoms with Crippen molar-refractivity contribution in [3.8, 4) is 11.3 Å². The molecule has 0 unspecified atom stereocenters. The predicted octanol–water partition coefficient (Wildman–Crippen LogP) is 5.80. The van der Waals surface area contributed by atoms with E-state index in [-0.39, 0.29) is 25.5 Å². The van der Waals surface area contributed by atoms with Crippen LogP contribution in [0, 0.1) is 13.0 Å². The first-order chi connectivity index (χ1) is 11.6. The van der Waals surface area contributed by atoms with Crippen LogP contribution in [-0.2, 0) is 25.5 Å². The fourth-order valence-electron chi connectivity index (χ4n) is 4.21. The molecule has 1 radical (unpaired) electrons. The minimum absolute atomic E-state index is 0. The second-order valence-corrected chi connectivity index (χ2v) is 7.31. The van der Waals surface area contributed by atoms with Gasteiger partial charge in [-0.05, 0) is 51.2 Å². The fourth-order valence-corrected chi connectivity index (χ4v) is 4.21. The molecule has 0 amide bonds. The molecule has 0 bridgehead atoms. The zero-order chi connectivity index (χ0) is 16.5. The van der Waals surface area contributed by atoms with E-state index in [2.05, 4.69) is 69.3 Å². The predicted molar refractivity (Wildman–Crippen MR) is 100 cm³/mol. The van der Waals surface area contributed by atoms with E-state index in [9.17, 15) is 0 Å². The van der Waals surface area contributed by atoms with Crippen LogP contribution in [-0.4, -0.2) is 4.98 Å². The molecule has 5 rings (SSSR count). The Hall–Kier alpha value is -2.02. The van der Waals surface area contributed by atoms with Gasteiger partial charge in [-0.2, -0.15) is 0 Å². The van der Waals surface area contributed by atoms with E-state index in [1.807, 2.05) is 12.3 Å². The molecule has 1 aliphatic rings. The molecule has 125 valence electrons. The zero-order valence-corrected chi connectivity index (χ0v) is 16.9. The molecule has 0 saturated carbocycles. The number of hydrogen-bond donors (Lipinski definition) is 0. The summed E-state index contributed by atoms with van der Waals surface area (Å²) in [6.07, 6.45) is 1.93. The molecule has 1 aliphatic carbocycles. The van der Waals surface area contributed by atoms with Crippen LogP contribution >= 0.6 is 0 Å². The first-order valence-corrected chi connectivity index (χ1v) is 8.41. The number of fused-ring (bicyclic) bond motifs is 4. The summed E-state index contributed by atoms with van der Waals surface area (Å²) in [7, 11) is 0. The summed E-state index contributed by atoms with van der Waals surface area (Å²) in [4.78, 5) is 4.74. The van der Waals surface area contributed by atoms with E-state index in [1.165, 1.54) is 38.2 Å². The van der Waals surface area contributed by atoms with Gasteiger partial charge in [0.05, 0.1) is 0 Å². The molecular weight excluding hydrogens is 482 g/mol. The SMILES string of the molecule is Cc1ccc2c(c1)cc1c3c(nccc32)-c2[c-]cccc2C1(C)C.[Ir]. The van der Waals surface area contributed by atoms with Crippen molar-refractivity contribution in [2.24, 2.45) is 0 Å². The molecule has 0 aliphatic heterocycles. The van der Waals surface area contributed by atoms with Crippen molar-refractivity contribution in [3.63, 3.8) is 0 Å². The molecule has 1 aromatic heterocycles. The first kappa shape index (κ1) is 16.4. The number of hydrogen-bond acceptors (Lipinski definition) is 1. The van der Waals surface area contributed by atoms with Gasteiger partial charge in [-0.3, -0.25) is 0 Å². The van der Waals surface area contributed by atoms with Crippen LogP contribution < -0.4 is 0 Å². The molecule has 3 aromatic carbocycles. The quantitative estimate of drug-likeness (QED) is 0.220. The van der Waals surface area contributed by atoms with Crippen molar-refractivity contribution in [2.75, 3.05) is 0 Å². The largest absolute Gasteiger partial charge is 0.304 e. The van der Waals surface area contributed by atoms with Crippen molar-refractivity contribution in [3.05, 3.63) is 77.5 Å². The minimum atomic E-state index is -0.0562. The number of pyridine rings is 1. The third-order valence-electron chi connectivity index (χ3n) is 5.46. The van der Waals surface area contributed by atoms with Crippen LogP contribution in [0.3, 0.4) is 0 Å². The Bertz CT molecular complexity index is 1140. The van der Waals surface area contributed by atoms with Gasteiger partial charge >= 0.3 is 0 Å². The zero-order valence-electron chi connectivity index (χ0n) is 14.5. The Balaban J connectivity index is 0.00000157. The molecular formula is C23H18IrN-. The summed E-state index contributed by atoms with van der Waals surface area (Å²) in [5.41, 5.74) is 6.13. The standard InChI is InChI=1S/C23H18N.Ir/c1-14-8-9-16-15(12-14)13-20-21-17(16)10-11-24-22(21)18-6-4-5-7-19(18)23(20,2)3;/h4-5,7-13H,1-3H3;/q-1;. The molecule has 0 atom stereocenters. The van der Waals surface area contributed by atoms with Gasteiger partial charge in [-0.1, -0.05) is 43.7 Å². The maximum absolute atomic E-state index is 4.74. The molecule has 1 heterocycles. The number of benzene rings is 3. The minimum Gasteiger partial charge on any atom is -0.304 e. The molecule has 0 saturated heterocycles. The van der Waals surface area contributed by atoms with Crippen LogP contribution in [0.5, 0.6) is 0 Å². The maximum Gasteiger partial charge on any atom is 0.0167 e. The van der Waals surface area contributed by atoms with E-state index in [1.54, 1.807) is 0 Å². The van der Waals surface area contributed by atoms with E-state index < -0.39 is 0 Å². The maximum atomic E-state index is 4.74. The van der Waals surface area contributed by atoms with Crippen molar-refractivity contribution >= 4 is 21.5 Å². The third-order valence-corrected chi connectivity index (χ3v) is 5.46. The summed E-state index contributed by atoms with van der Waals surface area (Å²) in [6.45, 7) is 6.78. The molecule has 25 heavy (non-hydrogen) atoms. The Morgan fingerprint density at radius 3 is 2.64 bits per heavy atom. The number of rotatable bonds is 0. The van der Waals surface area contributed by atoms with E-state index >= 15 is 0 Å². The van der Waals surface area contributed by atoms with Gasteiger partial charge in [0.25, 0.3) is 0 Å². The summed E-state index contributed by atoms with van der Waals surface area (Å²) in [6, 6.07) is 21.0. The fraction of sp³-hybridized carbons (Fsp3) is 0.174. The van der Waals surface area contributed by atoms with Crippen molar-refractivity contribution in [1.29, 1.82) is 0 Å². The molecule has 0 fully saturated rings. The van der Waals surface area contributed by atoms with Crippen molar-refractivity contribution in [1.82, 2.24) is 4.98 Å². The summed E-state index contributed by atoms with van der Waals surface area (Å²) < 4.78 is 0. The van der Waals surface area contributed by atoms with Gasteiger partial charge in [0.1, 0.15) is 0 Å². The molecule has 1 nitrogen and oxygen atoms in total. The van der Waals surface area contributed by atoms with Gasteiger partial charge in [0.15, 0.2) is 0 Å². The Kier molecular flexibility index (Phi) is 3.61. The van der Waals surface area contributed by atoms with Gasteiger partial charge in [0.2, 0.25) is 0 Å². The number of aryl methyl sites for hydroxylation is 1. The summed E-state index contributed by atoms with van der Waals surface area (Å²) in [5, 5.41) is 5.20. The van der Waals surface area contributed by atoms with Gasteiger partial charge in [0, 0.05) is 26.3 Å². The smallest absolute Gasteiger partial charge is 0.0167 e. The Labute approximate surface area is 161 Å². The monoisotopic (exact) mass is 501 g/mol. The topological polar surface area (TPSA) is 12.9 Å². The van der Waals surface area contributed by atoms with Crippen LogP contribution in [0.1, 0.15) is 30.5 Å². The van der Waals surface area contributed by atoms with Crippen LogP contribution in [0.2, 0.25) is 0 Å². The van der Waals surface area contributed by atoms with Crippen molar-refractivity contribution < 1.29 is 20.1 Å². The van der Waals surface area contributed by atoms with Crippen LogP contribution in [0.4, 0.5) is 0 Å². The molecule has 0 N–H and O–H groups in total. The van der Waals surface area contributed by atoms with E-state index in [4.69, 9.17) is 4.98 Å². The molecule has 2 heteroatoms. The summed E-state index contributed by atoms with van der Waals surface area (Å²) in [5.74, 6) is 0. The first-order valence-electron chi connectivity index (χ1n) is 8.41. The molecule has 4 aromatic rings. The van der Waals surface area contributed by atoms with E-state index in [0.29, 0.717) is 0 Å². The Morgan fingerprint density at radius 2 is 1.80 bits per heavy atom. The van der Waals surface area contributed by atoms with Crippen molar-refractivity contribution in [2.45, 2.75) is 26.2 Å². The average Bonchev–Trinajstić information content (AvgIpc) is 2.59. The second-order valence-electron chi connectivity index (χ2n) is 7.31. The van der Waals surface area contributed by atoms with E-state index in [0.717, 1.165) is 11.3 Å². The van der Waals surface area contributed by atoms with Gasteiger partial charge < -0.3 is 4.98 Å². The van der Waals surface area contributed by atoms with Gasteiger partial charge in [-0.15, -0.1) is 35.4 Å². The van der Waals surface area contributed by atoms with Crippen LogP contribution in [0.15, 0.2) is 54.7 Å². The summed E-state index contributed by atoms with van der Waals surface area (Å²) >= 11 is 0. The normalized spacial score (nSPS) is 14.2. The Morgan fingerprint density at radius 1 is 0.960 bits per heavy atom.